The van der Waals surface area contributed by atoms with E-state index in [1.807, 2.05) is 0 Å². The summed E-state index contributed by atoms with van der Waals surface area (Å²) in [5.74, 6) is -0.468. The molecule has 0 aliphatic carbocycles. The van der Waals surface area contributed by atoms with Crippen molar-refractivity contribution in [2.75, 3.05) is 6.54 Å². The van der Waals surface area contributed by atoms with Crippen molar-refractivity contribution in [1.29, 1.82) is 0 Å². The minimum Gasteiger partial charge on any atom is -0.481 e. The van der Waals surface area contributed by atoms with Gasteiger partial charge in [-0.15, -0.1) is 0 Å². The van der Waals surface area contributed by atoms with E-state index in [1.54, 1.807) is 6.92 Å². The third-order valence-electron chi connectivity index (χ3n) is 2.35. The molecule has 0 aliphatic heterocycles. The Balaban J connectivity index is 3.78. The summed E-state index contributed by atoms with van der Waals surface area (Å²) in [6.45, 7) is 8.69. The van der Waals surface area contributed by atoms with Gasteiger partial charge in [-0.3, -0.25) is 4.79 Å². The lowest BCUT2D eigenvalue weighted by atomic mass is 10.0. The Morgan fingerprint density at radius 1 is 1.38 bits per heavy atom. The number of hydrogen-bond acceptors (Lipinski definition) is 2. The molecule has 0 rings (SSSR count). The molecule has 0 heterocycles. The molecule has 0 saturated carbocycles. The van der Waals surface area contributed by atoms with Crippen LogP contribution in [0.4, 0.5) is 0 Å². The van der Waals surface area contributed by atoms with Gasteiger partial charge in [0, 0.05) is 12.6 Å². The first-order valence-electron chi connectivity index (χ1n) is 4.95. The van der Waals surface area contributed by atoms with Crippen LogP contribution in [-0.4, -0.2) is 23.7 Å². The fourth-order valence-corrected chi connectivity index (χ4v) is 1.27. The average molecular weight is 187 g/mol. The van der Waals surface area contributed by atoms with E-state index in [4.69, 9.17) is 5.11 Å². The Kier molecular flexibility index (Phi) is 5.71. The Bertz CT molecular complexity index is 157. The van der Waals surface area contributed by atoms with Crippen molar-refractivity contribution >= 4 is 5.97 Å². The standard InChI is InChI=1S/C10H21NO2/c1-5-9(7(2)3)11-6-8(4)10(12)13/h7-9,11H,5-6H2,1-4H3,(H,12,13). The topological polar surface area (TPSA) is 49.3 Å². The number of nitrogens with one attached hydrogen (secondary N) is 1. The molecule has 0 fully saturated rings. The van der Waals surface area contributed by atoms with Crippen LogP contribution in [0.2, 0.25) is 0 Å². The van der Waals surface area contributed by atoms with E-state index in [2.05, 4.69) is 26.1 Å². The molecule has 2 N–H and O–H groups in total. The minimum atomic E-state index is -0.730. The lowest BCUT2D eigenvalue weighted by Gasteiger charge is -2.21. The highest BCUT2D eigenvalue weighted by molar-refractivity contribution is 5.69. The van der Waals surface area contributed by atoms with E-state index in [-0.39, 0.29) is 5.92 Å². The Hall–Kier alpha value is -0.570. The highest BCUT2D eigenvalue weighted by atomic mass is 16.4. The second-order valence-electron chi connectivity index (χ2n) is 3.91. The van der Waals surface area contributed by atoms with Gasteiger partial charge in [-0.2, -0.15) is 0 Å². The summed E-state index contributed by atoms with van der Waals surface area (Å²) < 4.78 is 0. The number of hydrogen-bond donors (Lipinski definition) is 2. The predicted molar refractivity (Wildman–Crippen MR) is 53.7 cm³/mol. The maximum atomic E-state index is 10.5. The molecule has 3 nitrogen and oxygen atoms in total. The van der Waals surface area contributed by atoms with Crippen molar-refractivity contribution in [3.05, 3.63) is 0 Å². The number of rotatable bonds is 6. The number of aliphatic carboxylic acids is 1. The van der Waals surface area contributed by atoms with Crippen molar-refractivity contribution in [2.24, 2.45) is 11.8 Å². The number of carbonyl (C=O) groups is 1. The van der Waals surface area contributed by atoms with Gasteiger partial charge in [-0.05, 0) is 12.3 Å². The van der Waals surface area contributed by atoms with Crippen LogP contribution < -0.4 is 5.32 Å². The molecule has 78 valence electrons. The van der Waals surface area contributed by atoms with E-state index >= 15 is 0 Å². The van der Waals surface area contributed by atoms with E-state index in [0.29, 0.717) is 18.5 Å². The zero-order chi connectivity index (χ0) is 10.4. The molecule has 0 amide bonds. The van der Waals surface area contributed by atoms with Crippen molar-refractivity contribution in [1.82, 2.24) is 5.32 Å². The van der Waals surface area contributed by atoms with Gasteiger partial charge >= 0.3 is 5.97 Å². The molecule has 2 unspecified atom stereocenters. The summed E-state index contributed by atoms with van der Waals surface area (Å²) >= 11 is 0. The zero-order valence-corrected chi connectivity index (χ0v) is 9.00. The molecule has 0 aliphatic rings. The zero-order valence-electron chi connectivity index (χ0n) is 9.00. The molecule has 0 spiro atoms. The largest absolute Gasteiger partial charge is 0.481 e. The van der Waals surface area contributed by atoms with Gasteiger partial charge in [-0.1, -0.05) is 27.7 Å². The molecular weight excluding hydrogens is 166 g/mol. The van der Waals surface area contributed by atoms with Gasteiger partial charge < -0.3 is 10.4 Å². The summed E-state index contributed by atoms with van der Waals surface area (Å²) in [7, 11) is 0. The minimum absolute atomic E-state index is 0.298. The third kappa shape index (κ3) is 4.88. The van der Waals surface area contributed by atoms with Crippen LogP contribution in [0.3, 0.4) is 0 Å². The van der Waals surface area contributed by atoms with Crippen LogP contribution in [0.1, 0.15) is 34.1 Å². The second kappa shape index (κ2) is 5.97. The molecule has 0 aromatic rings. The van der Waals surface area contributed by atoms with Crippen LogP contribution in [0.25, 0.3) is 0 Å². The van der Waals surface area contributed by atoms with Gasteiger partial charge in [0.1, 0.15) is 0 Å². The Labute approximate surface area is 80.5 Å². The number of carboxylic acid groups (broad SMARTS) is 1. The van der Waals surface area contributed by atoms with Crippen LogP contribution in [0, 0.1) is 11.8 Å². The second-order valence-corrected chi connectivity index (χ2v) is 3.91. The summed E-state index contributed by atoms with van der Waals surface area (Å²) in [4.78, 5) is 10.5. The summed E-state index contributed by atoms with van der Waals surface area (Å²) in [5.41, 5.74) is 0. The normalized spacial score (nSPS) is 15.8. The molecule has 0 bridgehead atoms. The van der Waals surface area contributed by atoms with Crippen molar-refractivity contribution < 1.29 is 9.90 Å². The molecule has 0 aromatic carbocycles. The molecule has 3 heteroatoms. The monoisotopic (exact) mass is 187 g/mol. The molecule has 2 atom stereocenters. The molecular formula is C10H21NO2. The molecule has 0 saturated heterocycles. The SMILES string of the molecule is CCC(NCC(C)C(=O)O)C(C)C. The summed E-state index contributed by atoms with van der Waals surface area (Å²) in [5, 5.41) is 11.9. The van der Waals surface area contributed by atoms with E-state index < -0.39 is 5.97 Å². The summed E-state index contributed by atoms with van der Waals surface area (Å²) in [6, 6.07) is 0.432. The quantitative estimate of drug-likeness (QED) is 0.665. The van der Waals surface area contributed by atoms with Crippen molar-refractivity contribution in [3.63, 3.8) is 0 Å². The van der Waals surface area contributed by atoms with Gasteiger partial charge in [-0.25, -0.2) is 0 Å². The molecule has 0 radical (unpaired) electrons. The Morgan fingerprint density at radius 2 is 1.92 bits per heavy atom. The van der Waals surface area contributed by atoms with Gasteiger partial charge in [0.15, 0.2) is 0 Å². The van der Waals surface area contributed by atoms with E-state index in [0.717, 1.165) is 6.42 Å². The predicted octanol–water partition coefficient (Wildman–Crippen LogP) is 1.73. The van der Waals surface area contributed by atoms with Gasteiger partial charge in [0.2, 0.25) is 0 Å². The van der Waals surface area contributed by atoms with Crippen LogP contribution >= 0.6 is 0 Å². The molecule has 0 aromatic heterocycles. The fourth-order valence-electron chi connectivity index (χ4n) is 1.27. The van der Waals surface area contributed by atoms with Crippen LogP contribution in [0.5, 0.6) is 0 Å². The van der Waals surface area contributed by atoms with Crippen molar-refractivity contribution in [3.8, 4) is 0 Å². The smallest absolute Gasteiger partial charge is 0.307 e. The highest BCUT2D eigenvalue weighted by Crippen LogP contribution is 2.05. The average Bonchev–Trinajstić information content (AvgIpc) is 2.04. The van der Waals surface area contributed by atoms with Gasteiger partial charge in [0.25, 0.3) is 0 Å². The molecule has 13 heavy (non-hydrogen) atoms. The fraction of sp³-hybridized carbons (Fsp3) is 0.900. The highest BCUT2D eigenvalue weighted by Gasteiger charge is 2.14. The lowest BCUT2D eigenvalue weighted by Crippen LogP contribution is -2.37. The van der Waals surface area contributed by atoms with Crippen LogP contribution in [-0.2, 0) is 4.79 Å². The first kappa shape index (κ1) is 12.4. The van der Waals surface area contributed by atoms with Crippen molar-refractivity contribution in [2.45, 2.75) is 40.2 Å². The first-order valence-corrected chi connectivity index (χ1v) is 4.95. The van der Waals surface area contributed by atoms with E-state index in [9.17, 15) is 4.79 Å². The van der Waals surface area contributed by atoms with Crippen LogP contribution in [0.15, 0.2) is 0 Å². The maximum Gasteiger partial charge on any atom is 0.307 e. The van der Waals surface area contributed by atoms with Gasteiger partial charge in [0.05, 0.1) is 5.92 Å². The van der Waals surface area contributed by atoms with E-state index in [1.165, 1.54) is 0 Å². The Morgan fingerprint density at radius 3 is 2.23 bits per heavy atom. The number of carboxylic acids is 1. The third-order valence-corrected chi connectivity index (χ3v) is 2.35. The maximum absolute atomic E-state index is 10.5. The summed E-state index contributed by atoms with van der Waals surface area (Å²) in [6.07, 6.45) is 1.05. The lowest BCUT2D eigenvalue weighted by molar-refractivity contribution is -0.141. The first-order chi connectivity index (χ1) is 5.99.